The van der Waals surface area contributed by atoms with Gasteiger partial charge in [0.15, 0.2) is 0 Å². The molecule has 2 saturated heterocycles. The summed E-state index contributed by atoms with van der Waals surface area (Å²) in [5, 5.41) is 4.18. The minimum atomic E-state index is 0.203. The highest BCUT2D eigenvalue weighted by atomic mass is 35.5. The lowest BCUT2D eigenvalue weighted by Gasteiger charge is -2.39. The monoisotopic (exact) mass is 321 g/mol. The van der Waals surface area contributed by atoms with E-state index in [1.807, 2.05) is 23.1 Å². The predicted molar refractivity (Wildman–Crippen MR) is 90.4 cm³/mol. The molecule has 5 heteroatoms. The number of amides is 1. The normalized spacial score (nSPS) is 26.1. The molecule has 0 spiro atoms. The third-order valence-corrected chi connectivity index (χ3v) is 4.97. The largest absolute Gasteiger partial charge is 0.368 e. The summed E-state index contributed by atoms with van der Waals surface area (Å²) in [6.45, 7) is 6.50. The number of piperazine rings is 1. The first kappa shape index (κ1) is 15.6. The van der Waals surface area contributed by atoms with E-state index in [4.69, 9.17) is 11.6 Å². The Hall–Kier alpha value is -1.26. The number of carbonyl (C=O) groups excluding carboxylic acids is 1. The zero-order valence-electron chi connectivity index (χ0n) is 13.1. The molecule has 0 unspecified atom stereocenters. The van der Waals surface area contributed by atoms with E-state index >= 15 is 0 Å². The van der Waals surface area contributed by atoms with Crippen LogP contribution in [0.4, 0.5) is 5.69 Å². The molecule has 1 N–H and O–H groups in total. The Morgan fingerprint density at radius 2 is 2.05 bits per heavy atom. The van der Waals surface area contributed by atoms with Crippen molar-refractivity contribution in [2.45, 2.75) is 25.8 Å². The predicted octanol–water partition coefficient (Wildman–Crippen LogP) is 2.38. The van der Waals surface area contributed by atoms with Crippen molar-refractivity contribution >= 4 is 23.2 Å². The maximum atomic E-state index is 12.7. The van der Waals surface area contributed by atoms with Crippen LogP contribution in [0.25, 0.3) is 0 Å². The topological polar surface area (TPSA) is 35.6 Å². The number of hydrogen-bond acceptors (Lipinski definition) is 3. The Kier molecular flexibility index (Phi) is 4.89. The summed E-state index contributed by atoms with van der Waals surface area (Å²) in [6.07, 6.45) is 1.94. The summed E-state index contributed by atoms with van der Waals surface area (Å²) in [4.78, 5) is 17.0. The molecular weight excluding hydrogens is 298 g/mol. The third-order valence-electron chi connectivity index (χ3n) is 4.74. The van der Waals surface area contributed by atoms with Crippen LogP contribution in [-0.2, 0) is 4.79 Å². The number of halogens is 1. The molecule has 1 aromatic carbocycles. The lowest BCUT2D eigenvalue weighted by molar-refractivity contribution is -0.137. The maximum Gasteiger partial charge on any atom is 0.225 e. The fourth-order valence-electron chi connectivity index (χ4n) is 3.47. The number of benzene rings is 1. The van der Waals surface area contributed by atoms with Gasteiger partial charge in [0.1, 0.15) is 0 Å². The van der Waals surface area contributed by atoms with Crippen molar-refractivity contribution in [3.8, 4) is 0 Å². The van der Waals surface area contributed by atoms with Crippen molar-refractivity contribution < 1.29 is 4.79 Å². The molecule has 120 valence electrons. The number of piperidine rings is 1. The quantitative estimate of drug-likeness (QED) is 0.908. The highest BCUT2D eigenvalue weighted by Gasteiger charge is 2.30. The van der Waals surface area contributed by atoms with E-state index in [0.717, 1.165) is 56.3 Å². The highest BCUT2D eigenvalue weighted by Crippen LogP contribution is 2.23. The molecular formula is C17H24ClN3O. The number of nitrogens with zero attached hydrogens (tertiary/aromatic N) is 2. The van der Waals surface area contributed by atoms with Crippen LogP contribution in [0.2, 0.25) is 5.02 Å². The number of carbonyl (C=O) groups is 1. The first-order valence-corrected chi connectivity index (χ1v) is 8.54. The fourth-order valence-corrected chi connectivity index (χ4v) is 3.66. The van der Waals surface area contributed by atoms with Gasteiger partial charge in [0.25, 0.3) is 0 Å². The Morgan fingerprint density at radius 3 is 2.73 bits per heavy atom. The van der Waals surface area contributed by atoms with Gasteiger partial charge in [-0.2, -0.15) is 0 Å². The van der Waals surface area contributed by atoms with Gasteiger partial charge in [-0.15, -0.1) is 0 Å². The fraction of sp³-hybridized carbons (Fsp3) is 0.588. The number of anilines is 1. The lowest BCUT2D eigenvalue weighted by Crippen LogP contribution is -2.52. The number of hydrogen-bond donors (Lipinski definition) is 1. The summed E-state index contributed by atoms with van der Waals surface area (Å²) in [5.74, 6) is 0.549. The molecule has 2 fully saturated rings. The van der Waals surface area contributed by atoms with E-state index in [1.54, 1.807) is 0 Å². The van der Waals surface area contributed by atoms with E-state index in [2.05, 4.69) is 23.2 Å². The zero-order valence-corrected chi connectivity index (χ0v) is 13.9. The van der Waals surface area contributed by atoms with E-state index in [-0.39, 0.29) is 5.92 Å². The molecule has 22 heavy (non-hydrogen) atoms. The van der Waals surface area contributed by atoms with E-state index in [9.17, 15) is 4.79 Å². The minimum absolute atomic E-state index is 0.203. The second-order valence-corrected chi connectivity index (χ2v) is 6.81. The van der Waals surface area contributed by atoms with Crippen LogP contribution < -0.4 is 10.2 Å². The zero-order chi connectivity index (χ0) is 15.5. The van der Waals surface area contributed by atoms with Gasteiger partial charge in [0.05, 0.1) is 0 Å². The second kappa shape index (κ2) is 6.88. The Labute approximate surface area is 137 Å². The van der Waals surface area contributed by atoms with Crippen LogP contribution in [0, 0.1) is 5.92 Å². The molecule has 4 nitrogen and oxygen atoms in total. The van der Waals surface area contributed by atoms with Crippen LogP contribution in [0.5, 0.6) is 0 Å². The third kappa shape index (κ3) is 3.55. The van der Waals surface area contributed by atoms with Crippen molar-refractivity contribution in [1.82, 2.24) is 10.2 Å². The van der Waals surface area contributed by atoms with Gasteiger partial charge in [-0.1, -0.05) is 17.7 Å². The molecule has 0 radical (unpaired) electrons. The Bertz CT molecular complexity index is 528. The summed E-state index contributed by atoms with van der Waals surface area (Å²) < 4.78 is 0. The Morgan fingerprint density at radius 1 is 1.27 bits per heavy atom. The van der Waals surface area contributed by atoms with Crippen molar-refractivity contribution in [2.75, 3.05) is 37.6 Å². The standard InChI is InChI=1S/C17H24ClN3O/c1-13-11-14(5-6-19-13)17(22)21-9-7-20(8-10-21)16-4-2-3-15(18)12-16/h2-4,12-14,19H,5-11H2,1H3/t13-,14-/m0/s1. The van der Waals surface area contributed by atoms with Crippen molar-refractivity contribution in [3.63, 3.8) is 0 Å². The molecule has 0 aliphatic carbocycles. The maximum absolute atomic E-state index is 12.7. The molecule has 0 aromatic heterocycles. The molecule has 0 saturated carbocycles. The molecule has 2 heterocycles. The molecule has 1 aromatic rings. The molecule has 2 atom stereocenters. The Balaban J connectivity index is 1.56. The first-order chi connectivity index (χ1) is 10.6. The molecule has 1 amide bonds. The van der Waals surface area contributed by atoms with Gasteiger partial charge in [-0.3, -0.25) is 4.79 Å². The second-order valence-electron chi connectivity index (χ2n) is 6.37. The van der Waals surface area contributed by atoms with Gasteiger partial charge < -0.3 is 15.1 Å². The number of nitrogens with one attached hydrogen (secondary N) is 1. The average Bonchev–Trinajstić information content (AvgIpc) is 2.54. The van der Waals surface area contributed by atoms with E-state index < -0.39 is 0 Å². The molecule has 2 aliphatic heterocycles. The summed E-state index contributed by atoms with van der Waals surface area (Å²) in [5.41, 5.74) is 1.15. The average molecular weight is 322 g/mol. The van der Waals surface area contributed by atoms with Crippen molar-refractivity contribution in [3.05, 3.63) is 29.3 Å². The summed E-state index contributed by atoms with van der Waals surface area (Å²) in [7, 11) is 0. The van der Waals surface area contributed by atoms with Crippen LogP contribution in [-0.4, -0.2) is 49.6 Å². The van der Waals surface area contributed by atoms with Gasteiger partial charge in [0, 0.05) is 48.8 Å². The van der Waals surface area contributed by atoms with Gasteiger partial charge in [-0.05, 0) is 44.5 Å². The van der Waals surface area contributed by atoms with Gasteiger partial charge in [-0.25, -0.2) is 0 Å². The van der Waals surface area contributed by atoms with Crippen LogP contribution in [0.3, 0.4) is 0 Å². The van der Waals surface area contributed by atoms with E-state index in [0.29, 0.717) is 11.9 Å². The van der Waals surface area contributed by atoms with Crippen LogP contribution >= 0.6 is 11.6 Å². The van der Waals surface area contributed by atoms with E-state index in [1.165, 1.54) is 0 Å². The summed E-state index contributed by atoms with van der Waals surface area (Å²) >= 11 is 6.06. The minimum Gasteiger partial charge on any atom is -0.368 e. The van der Waals surface area contributed by atoms with Crippen molar-refractivity contribution in [1.29, 1.82) is 0 Å². The molecule has 3 rings (SSSR count). The summed E-state index contributed by atoms with van der Waals surface area (Å²) in [6, 6.07) is 8.40. The van der Waals surface area contributed by atoms with Crippen LogP contribution in [0.1, 0.15) is 19.8 Å². The molecule has 2 aliphatic rings. The SMILES string of the molecule is C[C@H]1C[C@@H](C(=O)N2CCN(c3cccc(Cl)c3)CC2)CCN1. The number of rotatable bonds is 2. The van der Waals surface area contributed by atoms with Crippen LogP contribution in [0.15, 0.2) is 24.3 Å². The lowest BCUT2D eigenvalue weighted by atomic mass is 9.92. The van der Waals surface area contributed by atoms with Crippen molar-refractivity contribution in [2.24, 2.45) is 5.92 Å². The first-order valence-electron chi connectivity index (χ1n) is 8.16. The highest BCUT2D eigenvalue weighted by molar-refractivity contribution is 6.30. The van der Waals surface area contributed by atoms with Gasteiger partial charge >= 0.3 is 0 Å². The van der Waals surface area contributed by atoms with Gasteiger partial charge in [0.2, 0.25) is 5.91 Å². The smallest absolute Gasteiger partial charge is 0.225 e. The molecule has 0 bridgehead atoms.